The molecule has 3 aliphatic rings. The number of nitrogens with one attached hydrogen (secondary N) is 1. The van der Waals surface area contributed by atoms with Crippen LogP contribution >= 0.6 is 11.8 Å². The van der Waals surface area contributed by atoms with Gasteiger partial charge in [-0.1, -0.05) is 12.1 Å². The third-order valence-electron chi connectivity index (χ3n) is 5.04. The van der Waals surface area contributed by atoms with Crippen molar-refractivity contribution in [2.45, 2.75) is 36.2 Å². The molecule has 1 aromatic rings. The van der Waals surface area contributed by atoms with E-state index in [2.05, 4.69) is 10.2 Å². The van der Waals surface area contributed by atoms with Crippen LogP contribution in [0.5, 0.6) is 0 Å². The van der Waals surface area contributed by atoms with Crippen LogP contribution in [0.25, 0.3) is 0 Å². The van der Waals surface area contributed by atoms with Crippen LogP contribution in [-0.4, -0.2) is 54.2 Å². The number of carbonyl (C=O) groups is 2. The van der Waals surface area contributed by atoms with Crippen LogP contribution in [0.15, 0.2) is 29.2 Å². The molecule has 2 fully saturated rings. The van der Waals surface area contributed by atoms with E-state index >= 15 is 0 Å². The molecule has 2 unspecified atom stereocenters. The van der Waals surface area contributed by atoms with Crippen LogP contribution < -0.4 is 10.2 Å². The number of amides is 2. The standard InChI is InChI=1S/C17H21N3O2S/c21-16(20-12-5-6-13(20)9-18-8-7-12)10-19-14-3-1-2-4-15(14)23-11-17(19)22/h1-4,12-13,18H,5-11H2. The summed E-state index contributed by atoms with van der Waals surface area (Å²) in [4.78, 5) is 30.1. The van der Waals surface area contributed by atoms with Crippen molar-refractivity contribution in [3.63, 3.8) is 0 Å². The molecule has 0 spiro atoms. The van der Waals surface area contributed by atoms with Gasteiger partial charge in [-0.2, -0.15) is 0 Å². The van der Waals surface area contributed by atoms with Crippen LogP contribution in [-0.2, 0) is 9.59 Å². The highest BCUT2D eigenvalue weighted by Gasteiger charge is 2.39. The Morgan fingerprint density at radius 2 is 2.04 bits per heavy atom. The fraction of sp³-hybridized carbons (Fsp3) is 0.529. The highest BCUT2D eigenvalue weighted by Crippen LogP contribution is 2.35. The lowest BCUT2D eigenvalue weighted by Gasteiger charge is -2.33. The molecule has 3 heterocycles. The smallest absolute Gasteiger partial charge is 0.243 e. The fourth-order valence-electron chi connectivity index (χ4n) is 3.93. The molecule has 2 saturated heterocycles. The molecule has 2 atom stereocenters. The van der Waals surface area contributed by atoms with Crippen molar-refractivity contribution in [2.75, 3.05) is 30.3 Å². The highest BCUT2D eigenvalue weighted by molar-refractivity contribution is 8.00. The number of thioether (sulfide) groups is 1. The van der Waals surface area contributed by atoms with Gasteiger partial charge in [-0.3, -0.25) is 9.59 Å². The minimum Gasteiger partial charge on any atom is -0.334 e. The highest BCUT2D eigenvalue weighted by atomic mass is 32.2. The second-order valence-corrected chi connectivity index (χ2v) is 7.43. The molecule has 0 radical (unpaired) electrons. The molecule has 2 amide bonds. The molecule has 3 aliphatic heterocycles. The maximum atomic E-state index is 12.9. The number of para-hydroxylation sites is 1. The van der Waals surface area contributed by atoms with Crippen molar-refractivity contribution in [3.8, 4) is 0 Å². The number of rotatable bonds is 2. The summed E-state index contributed by atoms with van der Waals surface area (Å²) >= 11 is 1.55. The topological polar surface area (TPSA) is 52.7 Å². The second kappa shape index (κ2) is 6.17. The second-order valence-electron chi connectivity index (χ2n) is 6.42. The lowest BCUT2D eigenvalue weighted by Crippen LogP contribution is -2.49. The minimum absolute atomic E-state index is 0.0299. The summed E-state index contributed by atoms with van der Waals surface area (Å²) in [6.45, 7) is 2.03. The monoisotopic (exact) mass is 331 g/mol. The van der Waals surface area contributed by atoms with E-state index < -0.39 is 0 Å². The molecule has 0 saturated carbocycles. The number of carbonyl (C=O) groups excluding carboxylic acids is 2. The Bertz CT molecular complexity index is 622. The molecule has 23 heavy (non-hydrogen) atoms. The predicted molar refractivity (Wildman–Crippen MR) is 90.7 cm³/mol. The Morgan fingerprint density at radius 1 is 1.22 bits per heavy atom. The Kier molecular flexibility index (Phi) is 4.03. The van der Waals surface area contributed by atoms with Crippen molar-refractivity contribution < 1.29 is 9.59 Å². The molecular formula is C17H21N3O2S. The summed E-state index contributed by atoms with van der Waals surface area (Å²) < 4.78 is 0. The summed E-state index contributed by atoms with van der Waals surface area (Å²) in [5.74, 6) is 0.539. The Labute approximate surface area is 140 Å². The van der Waals surface area contributed by atoms with Crippen LogP contribution in [0.1, 0.15) is 19.3 Å². The van der Waals surface area contributed by atoms with E-state index in [0.29, 0.717) is 17.8 Å². The van der Waals surface area contributed by atoms with Crippen LogP contribution in [0.4, 0.5) is 5.69 Å². The first-order chi connectivity index (χ1) is 11.2. The van der Waals surface area contributed by atoms with Crippen molar-refractivity contribution >= 4 is 29.3 Å². The third-order valence-corrected chi connectivity index (χ3v) is 6.09. The molecule has 5 nitrogen and oxygen atoms in total. The summed E-state index contributed by atoms with van der Waals surface area (Å²) in [7, 11) is 0. The molecular weight excluding hydrogens is 310 g/mol. The zero-order chi connectivity index (χ0) is 15.8. The van der Waals surface area contributed by atoms with Gasteiger partial charge in [-0.15, -0.1) is 11.8 Å². The molecule has 2 bridgehead atoms. The molecule has 6 heteroatoms. The summed E-state index contributed by atoms with van der Waals surface area (Å²) in [6.07, 6.45) is 3.19. The van der Waals surface area contributed by atoms with Gasteiger partial charge in [0.15, 0.2) is 0 Å². The lowest BCUT2D eigenvalue weighted by atomic mass is 10.1. The van der Waals surface area contributed by atoms with E-state index in [1.165, 1.54) is 0 Å². The lowest BCUT2D eigenvalue weighted by molar-refractivity contribution is -0.133. The molecule has 1 aromatic carbocycles. The molecule has 1 N–H and O–H groups in total. The zero-order valence-electron chi connectivity index (χ0n) is 13.0. The Hall–Kier alpha value is -1.53. The van der Waals surface area contributed by atoms with E-state index in [9.17, 15) is 9.59 Å². The first-order valence-corrected chi connectivity index (χ1v) is 9.26. The van der Waals surface area contributed by atoms with E-state index in [-0.39, 0.29) is 18.4 Å². The van der Waals surface area contributed by atoms with E-state index in [4.69, 9.17) is 0 Å². The van der Waals surface area contributed by atoms with Gasteiger partial charge in [-0.25, -0.2) is 0 Å². The van der Waals surface area contributed by atoms with E-state index in [1.54, 1.807) is 16.7 Å². The van der Waals surface area contributed by atoms with Gasteiger partial charge >= 0.3 is 0 Å². The Balaban J connectivity index is 1.56. The first-order valence-electron chi connectivity index (χ1n) is 8.28. The maximum absolute atomic E-state index is 12.9. The maximum Gasteiger partial charge on any atom is 0.243 e. The average molecular weight is 331 g/mol. The van der Waals surface area contributed by atoms with Gasteiger partial charge in [0.05, 0.1) is 11.4 Å². The van der Waals surface area contributed by atoms with Gasteiger partial charge < -0.3 is 15.1 Å². The number of anilines is 1. The molecule has 122 valence electrons. The summed E-state index contributed by atoms with van der Waals surface area (Å²) in [6, 6.07) is 8.48. The van der Waals surface area contributed by atoms with Crippen molar-refractivity contribution in [1.29, 1.82) is 0 Å². The van der Waals surface area contributed by atoms with E-state index in [0.717, 1.165) is 42.9 Å². The van der Waals surface area contributed by atoms with Gasteiger partial charge in [0.25, 0.3) is 0 Å². The fourth-order valence-corrected chi connectivity index (χ4v) is 4.87. The third kappa shape index (κ3) is 2.74. The number of fused-ring (bicyclic) bond motifs is 3. The molecule has 0 aromatic heterocycles. The van der Waals surface area contributed by atoms with Crippen LogP contribution in [0.3, 0.4) is 0 Å². The molecule has 4 rings (SSSR count). The number of nitrogens with zero attached hydrogens (tertiary/aromatic N) is 2. The first kappa shape index (κ1) is 15.0. The predicted octanol–water partition coefficient (Wildman–Crippen LogP) is 1.48. The van der Waals surface area contributed by atoms with Gasteiger partial charge in [0.2, 0.25) is 11.8 Å². The van der Waals surface area contributed by atoms with Crippen molar-refractivity contribution in [1.82, 2.24) is 10.2 Å². The number of hydrogen-bond donors (Lipinski definition) is 1. The zero-order valence-corrected chi connectivity index (χ0v) is 13.8. The van der Waals surface area contributed by atoms with Gasteiger partial charge in [-0.05, 0) is 37.9 Å². The normalized spacial score (nSPS) is 26.9. The minimum atomic E-state index is 0.0299. The van der Waals surface area contributed by atoms with Gasteiger partial charge in [0.1, 0.15) is 6.54 Å². The van der Waals surface area contributed by atoms with Crippen molar-refractivity contribution in [3.05, 3.63) is 24.3 Å². The summed E-state index contributed by atoms with van der Waals surface area (Å²) in [5, 5.41) is 3.41. The molecule has 0 aliphatic carbocycles. The van der Waals surface area contributed by atoms with Gasteiger partial charge in [0, 0.05) is 23.5 Å². The number of hydrogen-bond acceptors (Lipinski definition) is 4. The SMILES string of the molecule is O=C1CSc2ccccc2N1CC(=O)N1C2CCNCC1CC2. The van der Waals surface area contributed by atoms with E-state index in [1.807, 2.05) is 24.3 Å². The number of benzene rings is 1. The largest absolute Gasteiger partial charge is 0.334 e. The summed E-state index contributed by atoms with van der Waals surface area (Å²) in [5.41, 5.74) is 0.877. The Morgan fingerprint density at radius 3 is 2.96 bits per heavy atom. The quantitative estimate of drug-likeness (QED) is 0.892. The van der Waals surface area contributed by atoms with Crippen LogP contribution in [0.2, 0.25) is 0 Å². The van der Waals surface area contributed by atoms with Crippen LogP contribution in [0, 0.1) is 0 Å². The van der Waals surface area contributed by atoms with Crippen molar-refractivity contribution in [2.24, 2.45) is 0 Å². The average Bonchev–Trinajstić information content (AvgIpc) is 2.83.